The number of hydrogen-bond acceptors (Lipinski definition) is 0. The van der Waals surface area contributed by atoms with Crippen LogP contribution in [0.5, 0.6) is 0 Å². The second kappa shape index (κ2) is 6.55. The summed E-state index contributed by atoms with van der Waals surface area (Å²) in [6.45, 7) is 4.46. The largest absolute Gasteiger partial charge is 0.0884 e. The lowest BCUT2D eigenvalue weighted by molar-refractivity contribution is 0.593. The molecule has 84 valence electrons. The zero-order valence-electron chi connectivity index (χ0n) is 9.34. The van der Waals surface area contributed by atoms with Gasteiger partial charge in [0.25, 0.3) is 0 Å². The van der Waals surface area contributed by atoms with Crippen molar-refractivity contribution >= 4 is 27.5 Å². The molecule has 0 N–H and O–H groups in total. The Labute approximate surface area is 106 Å². The van der Waals surface area contributed by atoms with Crippen LogP contribution in [0.1, 0.15) is 44.6 Å². The standard InChI is InChI=1S/C13H18BrCl/c1-3-5-13(14)12(4-2)10-6-8-11(15)9-7-10/h6-9,12-13H,3-5H2,1-2H3. The normalized spacial score (nSPS) is 14.9. The zero-order valence-corrected chi connectivity index (χ0v) is 11.7. The lowest BCUT2D eigenvalue weighted by atomic mass is 9.91. The second-order valence-corrected chi connectivity index (χ2v) is 5.48. The van der Waals surface area contributed by atoms with Crippen molar-refractivity contribution in [3.63, 3.8) is 0 Å². The molecule has 0 fully saturated rings. The van der Waals surface area contributed by atoms with Crippen molar-refractivity contribution in [3.05, 3.63) is 34.9 Å². The van der Waals surface area contributed by atoms with Crippen molar-refractivity contribution in [2.45, 2.75) is 43.9 Å². The first-order chi connectivity index (χ1) is 7.19. The van der Waals surface area contributed by atoms with Gasteiger partial charge in [0.1, 0.15) is 0 Å². The number of hydrogen-bond donors (Lipinski definition) is 0. The highest BCUT2D eigenvalue weighted by Gasteiger charge is 2.17. The summed E-state index contributed by atoms with van der Waals surface area (Å²) in [7, 11) is 0. The maximum Gasteiger partial charge on any atom is 0.0406 e. The van der Waals surface area contributed by atoms with Crippen molar-refractivity contribution in [2.24, 2.45) is 0 Å². The van der Waals surface area contributed by atoms with Gasteiger partial charge in [-0.2, -0.15) is 0 Å². The molecular weight excluding hydrogens is 272 g/mol. The molecule has 1 rings (SSSR count). The summed E-state index contributed by atoms with van der Waals surface area (Å²) in [4.78, 5) is 0.577. The highest BCUT2D eigenvalue weighted by molar-refractivity contribution is 9.09. The Morgan fingerprint density at radius 3 is 2.27 bits per heavy atom. The topological polar surface area (TPSA) is 0 Å². The van der Waals surface area contributed by atoms with Crippen molar-refractivity contribution < 1.29 is 0 Å². The maximum absolute atomic E-state index is 5.89. The van der Waals surface area contributed by atoms with E-state index in [0.29, 0.717) is 10.7 Å². The lowest BCUT2D eigenvalue weighted by Gasteiger charge is -2.21. The highest BCUT2D eigenvalue weighted by Crippen LogP contribution is 2.31. The van der Waals surface area contributed by atoms with Crippen LogP contribution in [0, 0.1) is 0 Å². The molecule has 0 aliphatic carbocycles. The summed E-state index contributed by atoms with van der Waals surface area (Å²) < 4.78 is 0. The van der Waals surface area contributed by atoms with E-state index in [1.807, 2.05) is 12.1 Å². The molecule has 0 saturated heterocycles. The average molecular weight is 290 g/mol. The van der Waals surface area contributed by atoms with Gasteiger partial charge in [-0.3, -0.25) is 0 Å². The third-order valence-electron chi connectivity index (χ3n) is 2.74. The van der Waals surface area contributed by atoms with Crippen LogP contribution in [0.15, 0.2) is 24.3 Å². The van der Waals surface area contributed by atoms with E-state index in [9.17, 15) is 0 Å². The molecule has 2 unspecified atom stereocenters. The fourth-order valence-corrected chi connectivity index (χ4v) is 3.15. The Hall–Kier alpha value is -0.0100. The van der Waals surface area contributed by atoms with Gasteiger partial charge in [0.15, 0.2) is 0 Å². The van der Waals surface area contributed by atoms with Gasteiger partial charge in [0, 0.05) is 9.85 Å². The van der Waals surface area contributed by atoms with Crippen LogP contribution in [0.4, 0.5) is 0 Å². The first kappa shape index (κ1) is 13.1. The lowest BCUT2D eigenvalue weighted by Crippen LogP contribution is -2.11. The van der Waals surface area contributed by atoms with E-state index in [2.05, 4.69) is 41.9 Å². The third kappa shape index (κ3) is 3.81. The summed E-state index contributed by atoms with van der Waals surface area (Å²) in [6, 6.07) is 8.23. The van der Waals surface area contributed by atoms with Crippen LogP contribution < -0.4 is 0 Å². The zero-order chi connectivity index (χ0) is 11.3. The molecule has 15 heavy (non-hydrogen) atoms. The Morgan fingerprint density at radius 2 is 1.80 bits per heavy atom. The van der Waals surface area contributed by atoms with Gasteiger partial charge < -0.3 is 0 Å². The first-order valence-electron chi connectivity index (χ1n) is 5.58. The molecule has 0 heterocycles. The second-order valence-electron chi connectivity index (χ2n) is 3.87. The van der Waals surface area contributed by atoms with Crippen molar-refractivity contribution in [2.75, 3.05) is 0 Å². The monoisotopic (exact) mass is 288 g/mol. The molecule has 0 bridgehead atoms. The fourth-order valence-electron chi connectivity index (χ4n) is 1.89. The smallest absolute Gasteiger partial charge is 0.0406 e. The molecule has 0 aliphatic heterocycles. The summed E-state index contributed by atoms with van der Waals surface area (Å²) in [6.07, 6.45) is 3.61. The highest BCUT2D eigenvalue weighted by atomic mass is 79.9. The minimum Gasteiger partial charge on any atom is -0.0884 e. The maximum atomic E-state index is 5.89. The van der Waals surface area contributed by atoms with Gasteiger partial charge >= 0.3 is 0 Å². The SMILES string of the molecule is CCCC(Br)C(CC)c1ccc(Cl)cc1. The van der Waals surface area contributed by atoms with Crippen LogP contribution in [0.3, 0.4) is 0 Å². The van der Waals surface area contributed by atoms with Gasteiger partial charge in [-0.05, 0) is 36.5 Å². The molecule has 0 amide bonds. The summed E-state index contributed by atoms with van der Waals surface area (Å²) in [5.74, 6) is 0.599. The molecule has 0 saturated carbocycles. The van der Waals surface area contributed by atoms with Gasteiger partial charge in [0.05, 0.1) is 0 Å². The quantitative estimate of drug-likeness (QED) is 0.637. The van der Waals surface area contributed by atoms with E-state index in [1.54, 1.807) is 0 Å². The third-order valence-corrected chi connectivity index (χ3v) is 4.09. The number of rotatable bonds is 5. The fraction of sp³-hybridized carbons (Fsp3) is 0.538. The van der Waals surface area contributed by atoms with E-state index < -0.39 is 0 Å². The van der Waals surface area contributed by atoms with Crippen molar-refractivity contribution in [1.29, 1.82) is 0 Å². The Balaban J connectivity index is 2.77. The van der Waals surface area contributed by atoms with Crippen LogP contribution in [0.2, 0.25) is 5.02 Å². The predicted octanol–water partition coefficient (Wildman–Crippen LogP) is 5.40. The molecule has 0 spiro atoms. The van der Waals surface area contributed by atoms with Crippen molar-refractivity contribution in [3.8, 4) is 0 Å². The van der Waals surface area contributed by atoms with E-state index in [1.165, 1.54) is 18.4 Å². The van der Waals surface area contributed by atoms with Gasteiger partial charge in [0.2, 0.25) is 0 Å². The van der Waals surface area contributed by atoms with E-state index in [4.69, 9.17) is 11.6 Å². The molecule has 1 aromatic rings. The van der Waals surface area contributed by atoms with Gasteiger partial charge in [-0.1, -0.05) is 59.9 Å². The van der Waals surface area contributed by atoms with Crippen molar-refractivity contribution in [1.82, 2.24) is 0 Å². The minimum absolute atomic E-state index is 0.577. The van der Waals surface area contributed by atoms with Gasteiger partial charge in [-0.15, -0.1) is 0 Å². The van der Waals surface area contributed by atoms with Crippen LogP contribution in [-0.2, 0) is 0 Å². The molecular formula is C13H18BrCl. The predicted molar refractivity (Wildman–Crippen MR) is 72.1 cm³/mol. The summed E-state index contributed by atoms with van der Waals surface area (Å²) in [5.41, 5.74) is 1.39. The van der Waals surface area contributed by atoms with Crippen LogP contribution >= 0.6 is 27.5 Å². The molecule has 0 radical (unpaired) electrons. The molecule has 2 heteroatoms. The van der Waals surface area contributed by atoms with E-state index in [-0.39, 0.29) is 0 Å². The number of benzene rings is 1. The number of alkyl halides is 1. The van der Waals surface area contributed by atoms with E-state index in [0.717, 1.165) is 11.4 Å². The summed E-state index contributed by atoms with van der Waals surface area (Å²) in [5, 5.41) is 0.815. The average Bonchev–Trinajstić information content (AvgIpc) is 2.22. The molecule has 0 aliphatic rings. The molecule has 0 aromatic heterocycles. The Morgan fingerprint density at radius 1 is 1.20 bits per heavy atom. The van der Waals surface area contributed by atoms with E-state index >= 15 is 0 Å². The molecule has 2 atom stereocenters. The molecule has 1 aromatic carbocycles. The Bertz CT molecular complexity index is 281. The van der Waals surface area contributed by atoms with Crippen LogP contribution in [-0.4, -0.2) is 4.83 Å². The molecule has 0 nitrogen and oxygen atoms in total. The summed E-state index contributed by atoms with van der Waals surface area (Å²) >= 11 is 9.68. The van der Waals surface area contributed by atoms with Crippen LogP contribution in [0.25, 0.3) is 0 Å². The number of halogens is 2. The van der Waals surface area contributed by atoms with Gasteiger partial charge in [-0.25, -0.2) is 0 Å². The Kier molecular flexibility index (Phi) is 5.70. The minimum atomic E-state index is 0.577. The first-order valence-corrected chi connectivity index (χ1v) is 6.87.